The number of nitrogens with zero attached hydrogens (tertiary/aromatic N) is 2. The SMILES string of the molecule is CCCCNC(=O)[C@@H](Cc1ccccc1)N(Cc1ccc(Cl)cc1)C(=O)CN(c1ccc(C)cc1)S(=O)(=O)c1ccc(OCC)cc1. The van der Waals surface area contributed by atoms with Crippen molar-refractivity contribution in [3.63, 3.8) is 0 Å². The van der Waals surface area contributed by atoms with Gasteiger partial charge < -0.3 is 15.0 Å². The summed E-state index contributed by atoms with van der Waals surface area (Å²) < 4.78 is 35.1. The van der Waals surface area contributed by atoms with Gasteiger partial charge in [0, 0.05) is 24.5 Å². The molecule has 248 valence electrons. The van der Waals surface area contributed by atoms with E-state index in [-0.39, 0.29) is 23.8 Å². The van der Waals surface area contributed by atoms with E-state index in [1.54, 1.807) is 60.7 Å². The molecule has 47 heavy (non-hydrogen) atoms. The van der Waals surface area contributed by atoms with E-state index in [4.69, 9.17) is 16.3 Å². The lowest BCUT2D eigenvalue weighted by atomic mass is 10.0. The zero-order valence-corrected chi connectivity index (χ0v) is 28.6. The monoisotopic (exact) mass is 675 g/mol. The molecule has 4 aromatic rings. The Morgan fingerprint density at radius 2 is 1.51 bits per heavy atom. The Bertz CT molecular complexity index is 1700. The lowest BCUT2D eigenvalue weighted by molar-refractivity contribution is -0.140. The quantitative estimate of drug-likeness (QED) is 0.132. The lowest BCUT2D eigenvalue weighted by Gasteiger charge is -2.34. The third-order valence-electron chi connectivity index (χ3n) is 7.69. The molecule has 0 radical (unpaired) electrons. The number of hydrogen-bond acceptors (Lipinski definition) is 5. The maximum Gasteiger partial charge on any atom is 0.264 e. The Balaban J connectivity index is 1.77. The van der Waals surface area contributed by atoms with E-state index < -0.39 is 28.5 Å². The van der Waals surface area contributed by atoms with Gasteiger partial charge in [-0.2, -0.15) is 0 Å². The molecule has 0 spiro atoms. The molecular formula is C37H42ClN3O5S. The maximum atomic E-state index is 14.5. The second-order valence-corrected chi connectivity index (χ2v) is 13.5. The van der Waals surface area contributed by atoms with Crippen LogP contribution in [0.15, 0.2) is 108 Å². The standard InChI is InChI=1S/C37H42ClN3O5S/c1-4-6-24-39-37(43)35(25-29-10-8-7-9-11-29)40(26-30-14-16-31(38)17-15-30)36(42)27-41(32-18-12-28(3)13-19-32)47(44,45)34-22-20-33(21-23-34)46-5-2/h7-23,35H,4-6,24-27H2,1-3H3,(H,39,43)/t35-/m1/s1. The average molecular weight is 676 g/mol. The number of halogens is 1. The number of carbonyl (C=O) groups is 2. The summed E-state index contributed by atoms with van der Waals surface area (Å²) in [7, 11) is -4.22. The number of aryl methyl sites for hydroxylation is 1. The molecule has 0 saturated carbocycles. The van der Waals surface area contributed by atoms with Crippen molar-refractivity contribution in [2.45, 2.75) is 57.5 Å². The van der Waals surface area contributed by atoms with Crippen LogP contribution in [-0.2, 0) is 32.6 Å². The molecule has 0 aliphatic rings. The molecule has 0 bridgehead atoms. The summed E-state index contributed by atoms with van der Waals surface area (Å²) in [5.41, 5.74) is 2.89. The molecule has 0 fully saturated rings. The molecule has 4 aromatic carbocycles. The van der Waals surface area contributed by atoms with Crippen LogP contribution in [-0.4, -0.2) is 50.9 Å². The first kappa shape index (κ1) is 35.5. The van der Waals surface area contributed by atoms with E-state index in [2.05, 4.69) is 5.32 Å². The van der Waals surface area contributed by atoms with Gasteiger partial charge in [0.2, 0.25) is 11.8 Å². The number of benzene rings is 4. The fourth-order valence-electron chi connectivity index (χ4n) is 5.09. The third-order valence-corrected chi connectivity index (χ3v) is 9.73. The van der Waals surface area contributed by atoms with Gasteiger partial charge in [-0.25, -0.2) is 8.42 Å². The van der Waals surface area contributed by atoms with Crippen LogP contribution in [0.4, 0.5) is 5.69 Å². The fraction of sp³-hybridized carbons (Fsp3) is 0.297. The number of nitrogens with one attached hydrogen (secondary N) is 1. The third kappa shape index (κ3) is 9.83. The molecule has 1 N–H and O–H groups in total. The van der Waals surface area contributed by atoms with Crippen LogP contribution < -0.4 is 14.4 Å². The zero-order valence-electron chi connectivity index (χ0n) is 27.1. The van der Waals surface area contributed by atoms with Crippen LogP contribution in [0, 0.1) is 6.92 Å². The predicted octanol–water partition coefficient (Wildman–Crippen LogP) is 6.80. The largest absolute Gasteiger partial charge is 0.494 e. The molecule has 0 aliphatic heterocycles. The minimum absolute atomic E-state index is 0.0109. The van der Waals surface area contributed by atoms with Gasteiger partial charge in [-0.3, -0.25) is 13.9 Å². The molecular weight excluding hydrogens is 634 g/mol. The first-order valence-corrected chi connectivity index (χ1v) is 17.6. The van der Waals surface area contributed by atoms with Crippen molar-refractivity contribution in [3.05, 3.63) is 125 Å². The minimum Gasteiger partial charge on any atom is -0.494 e. The van der Waals surface area contributed by atoms with Gasteiger partial charge in [0.15, 0.2) is 0 Å². The Labute approximate surface area is 283 Å². The highest BCUT2D eigenvalue weighted by Crippen LogP contribution is 2.27. The summed E-state index contributed by atoms with van der Waals surface area (Å²) in [6.45, 7) is 6.23. The number of rotatable bonds is 16. The normalized spacial score (nSPS) is 11.8. The van der Waals surface area contributed by atoms with Crippen LogP contribution in [0.3, 0.4) is 0 Å². The summed E-state index contributed by atoms with van der Waals surface area (Å²) in [5, 5.41) is 3.54. The van der Waals surface area contributed by atoms with Gasteiger partial charge >= 0.3 is 0 Å². The van der Waals surface area contributed by atoms with Crippen molar-refractivity contribution >= 4 is 39.1 Å². The van der Waals surface area contributed by atoms with Gasteiger partial charge in [-0.1, -0.05) is 85.1 Å². The van der Waals surface area contributed by atoms with Crippen molar-refractivity contribution in [1.29, 1.82) is 0 Å². The number of hydrogen-bond donors (Lipinski definition) is 1. The second-order valence-electron chi connectivity index (χ2n) is 11.2. The fourth-order valence-corrected chi connectivity index (χ4v) is 6.63. The van der Waals surface area contributed by atoms with E-state index in [1.165, 1.54) is 17.0 Å². The van der Waals surface area contributed by atoms with E-state index >= 15 is 0 Å². The Morgan fingerprint density at radius 1 is 0.851 bits per heavy atom. The molecule has 4 rings (SSSR count). The van der Waals surface area contributed by atoms with Gasteiger partial charge in [-0.15, -0.1) is 0 Å². The summed E-state index contributed by atoms with van der Waals surface area (Å²) >= 11 is 6.16. The van der Waals surface area contributed by atoms with Gasteiger partial charge in [0.05, 0.1) is 17.2 Å². The predicted molar refractivity (Wildman–Crippen MR) is 187 cm³/mol. The minimum atomic E-state index is -4.22. The first-order chi connectivity index (χ1) is 22.6. The summed E-state index contributed by atoms with van der Waals surface area (Å²) in [5.74, 6) is -0.293. The van der Waals surface area contributed by atoms with E-state index in [9.17, 15) is 18.0 Å². The first-order valence-electron chi connectivity index (χ1n) is 15.8. The number of unbranched alkanes of at least 4 members (excludes halogenated alkanes) is 1. The molecule has 0 unspecified atom stereocenters. The van der Waals surface area contributed by atoms with E-state index in [1.807, 2.05) is 51.1 Å². The smallest absolute Gasteiger partial charge is 0.264 e. The van der Waals surface area contributed by atoms with E-state index in [0.29, 0.717) is 29.6 Å². The van der Waals surface area contributed by atoms with Crippen LogP contribution in [0.5, 0.6) is 5.75 Å². The Hall–Kier alpha value is -4.34. The molecule has 2 amide bonds. The van der Waals surface area contributed by atoms with Gasteiger partial charge in [-0.05, 0) is 79.9 Å². The van der Waals surface area contributed by atoms with Crippen LogP contribution in [0.2, 0.25) is 5.02 Å². The van der Waals surface area contributed by atoms with Gasteiger partial charge in [0.1, 0.15) is 18.3 Å². The molecule has 0 aromatic heterocycles. The number of amides is 2. The maximum absolute atomic E-state index is 14.5. The number of ether oxygens (including phenoxy) is 1. The lowest BCUT2D eigenvalue weighted by Crippen LogP contribution is -2.53. The molecule has 8 nitrogen and oxygen atoms in total. The second kappa shape index (κ2) is 17.0. The molecule has 0 heterocycles. The highest BCUT2D eigenvalue weighted by atomic mass is 35.5. The highest BCUT2D eigenvalue weighted by Gasteiger charge is 2.34. The topological polar surface area (TPSA) is 96.0 Å². The highest BCUT2D eigenvalue weighted by molar-refractivity contribution is 7.92. The molecule has 1 atom stereocenters. The van der Waals surface area contributed by atoms with Crippen LogP contribution in [0.25, 0.3) is 0 Å². The molecule has 10 heteroatoms. The summed E-state index contributed by atoms with van der Waals surface area (Å²) in [6, 6.07) is 28.7. The Kier molecular flexibility index (Phi) is 12.8. The average Bonchev–Trinajstić information content (AvgIpc) is 3.07. The number of sulfonamides is 1. The van der Waals surface area contributed by atoms with Crippen LogP contribution >= 0.6 is 11.6 Å². The van der Waals surface area contributed by atoms with Crippen molar-refractivity contribution in [2.75, 3.05) is 24.0 Å². The van der Waals surface area contributed by atoms with Crippen molar-refractivity contribution in [3.8, 4) is 5.75 Å². The number of carbonyl (C=O) groups excluding carboxylic acids is 2. The van der Waals surface area contributed by atoms with Gasteiger partial charge in [0.25, 0.3) is 10.0 Å². The zero-order chi connectivity index (χ0) is 33.8. The molecule has 0 saturated heterocycles. The van der Waals surface area contributed by atoms with Crippen molar-refractivity contribution in [2.24, 2.45) is 0 Å². The summed E-state index contributed by atoms with van der Waals surface area (Å²) in [6.07, 6.45) is 1.93. The Morgan fingerprint density at radius 3 is 2.13 bits per heavy atom. The van der Waals surface area contributed by atoms with Crippen molar-refractivity contribution < 1.29 is 22.7 Å². The summed E-state index contributed by atoms with van der Waals surface area (Å²) in [4.78, 5) is 29.9. The van der Waals surface area contributed by atoms with E-state index in [0.717, 1.165) is 33.8 Å². The van der Waals surface area contributed by atoms with Crippen molar-refractivity contribution in [1.82, 2.24) is 10.2 Å². The number of anilines is 1. The molecule has 0 aliphatic carbocycles. The van der Waals surface area contributed by atoms with Crippen LogP contribution in [0.1, 0.15) is 43.4 Å².